The summed E-state index contributed by atoms with van der Waals surface area (Å²) in [6.07, 6.45) is 11.9. The van der Waals surface area contributed by atoms with Crippen LogP contribution in [0.15, 0.2) is 55.3 Å². The zero-order valence-corrected chi connectivity index (χ0v) is 10.7. The van der Waals surface area contributed by atoms with Crippen molar-refractivity contribution in [3.63, 3.8) is 0 Å². The summed E-state index contributed by atoms with van der Waals surface area (Å²) in [5.41, 5.74) is 5.38. The van der Waals surface area contributed by atoms with Crippen LogP contribution in [0, 0.1) is 0 Å². The third-order valence-electron chi connectivity index (χ3n) is 3.48. The number of hydrogen-bond acceptors (Lipinski definition) is 0. The second-order valence-corrected chi connectivity index (χ2v) is 4.47. The molecule has 90 valence electrons. The average molecular weight is 242 g/mol. The molecule has 0 unspecified atom stereocenters. The van der Waals surface area contributed by atoms with E-state index in [2.05, 4.69) is 55.3 Å². The Kier molecular flexibility index (Phi) is 2.79. The van der Waals surface area contributed by atoms with Crippen LogP contribution in [0.2, 0.25) is 0 Å². The Hall–Kier alpha value is -2.56. The fraction of sp³-hybridized carbons (Fsp3) is 0. The Bertz CT molecular complexity index is 870. The van der Waals surface area contributed by atoms with Crippen molar-refractivity contribution in [3.8, 4) is 0 Å². The van der Waals surface area contributed by atoms with Gasteiger partial charge in [0.05, 0.1) is 0 Å². The highest BCUT2D eigenvalue weighted by atomic mass is 14.1. The lowest BCUT2D eigenvalue weighted by Crippen LogP contribution is -2.24. The van der Waals surface area contributed by atoms with Crippen molar-refractivity contribution in [1.29, 1.82) is 0 Å². The molecule has 2 aromatic rings. The Morgan fingerprint density at radius 3 is 2.42 bits per heavy atom. The average Bonchev–Trinajstić information content (AvgIpc) is 2.70. The Labute approximate surface area is 112 Å². The van der Waals surface area contributed by atoms with E-state index in [1.54, 1.807) is 0 Å². The van der Waals surface area contributed by atoms with Gasteiger partial charge in [-0.3, -0.25) is 0 Å². The van der Waals surface area contributed by atoms with E-state index < -0.39 is 0 Å². The minimum absolute atomic E-state index is 1.12. The number of allylic oxidation sites excluding steroid dienone is 1. The minimum Gasteiger partial charge on any atom is -0.121 e. The minimum atomic E-state index is 1.12. The van der Waals surface area contributed by atoms with Crippen LogP contribution in [0.1, 0.15) is 11.1 Å². The molecule has 0 aromatic heterocycles. The van der Waals surface area contributed by atoms with Crippen molar-refractivity contribution in [3.05, 3.63) is 76.9 Å². The van der Waals surface area contributed by atoms with Crippen LogP contribution in [-0.2, 0) is 0 Å². The van der Waals surface area contributed by atoms with Gasteiger partial charge in [0.1, 0.15) is 0 Å². The molecule has 0 nitrogen and oxygen atoms in total. The highest BCUT2D eigenvalue weighted by Crippen LogP contribution is 2.21. The molecule has 0 aliphatic heterocycles. The van der Waals surface area contributed by atoms with Gasteiger partial charge < -0.3 is 0 Å². The van der Waals surface area contributed by atoms with E-state index in [0.717, 1.165) is 11.1 Å². The fourth-order valence-corrected chi connectivity index (χ4v) is 2.55. The molecule has 2 aromatic carbocycles. The summed E-state index contributed by atoms with van der Waals surface area (Å²) in [7, 11) is 0. The van der Waals surface area contributed by atoms with Gasteiger partial charge in [-0.15, -0.1) is 5.73 Å². The summed E-state index contributed by atoms with van der Waals surface area (Å²) in [5.74, 6) is 0. The molecule has 0 saturated heterocycles. The molecule has 0 heterocycles. The second-order valence-electron chi connectivity index (χ2n) is 4.47. The monoisotopic (exact) mass is 242 g/mol. The van der Waals surface area contributed by atoms with Crippen LogP contribution < -0.4 is 10.4 Å². The lowest BCUT2D eigenvalue weighted by Gasteiger charge is -2.07. The number of rotatable bonds is 2. The van der Waals surface area contributed by atoms with E-state index in [4.69, 9.17) is 0 Å². The first kappa shape index (κ1) is 11.5. The first-order valence-electron chi connectivity index (χ1n) is 6.29. The Morgan fingerprint density at radius 2 is 1.63 bits per heavy atom. The van der Waals surface area contributed by atoms with E-state index in [-0.39, 0.29) is 0 Å². The van der Waals surface area contributed by atoms with Crippen LogP contribution in [-0.4, -0.2) is 0 Å². The van der Waals surface area contributed by atoms with Crippen molar-refractivity contribution >= 4 is 35.1 Å². The molecule has 0 N–H and O–H groups in total. The number of benzene rings is 2. The Morgan fingerprint density at radius 1 is 0.842 bits per heavy atom. The first-order valence-corrected chi connectivity index (χ1v) is 6.29. The Balaban J connectivity index is 2.56. The quantitative estimate of drug-likeness (QED) is 0.708. The topological polar surface area (TPSA) is 0 Å². The van der Waals surface area contributed by atoms with Gasteiger partial charge in [0.2, 0.25) is 0 Å². The van der Waals surface area contributed by atoms with Crippen LogP contribution in [0.25, 0.3) is 35.1 Å². The van der Waals surface area contributed by atoms with E-state index in [1.807, 2.05) is 24.3 Å². The van der Waals surface area contributed by atoms with Gasteiger partial charge in [-0.25, -0.2) is 0 Å². The van der Waals surface area contributed by atoms with Crippen LogP contribution in [0.4, 0.5) is 0 Å². The van der Waals surface area contributed by atoms with Crippen molar-refractivity contribution in [1.82, 2.24) is 0 Å². The molecule has 0 heteroatoms. The molecular weight excluding hydrogens is 228 g/mol. The standard InChI is InChI=1S/C19H14/c1-3-14-10-12-19-17-9-7-5-6-8-15(17)11-13-18(19)16(14)4-2/h3-4,6-13H,1-2H2. The predicted molar refractivity (Wildman–Crippen MR) is 85.0 cm³/mol. The van der Waals surface area contributed by atoms with E-state index in [9.17, 15) is 0 Å². The molecule has 0 spiro atoms. The predicted octanol–water partition coefficient (Wildman–Crippen LogP) is 3.41. The third kappa shape index (κ3) is 1.79. The molecular formula is C19H14. The smallest absolute Gasteiger partial charge is 0.00987 e. The maximum Gasteiger partial charge on any atom is -0.00987 e. The second kappa shape index (κ2) is 4.61. The third-order valence-corrected chi connectivity index (χ3v) is 3.48. The van der Waals surface area contributed by atoms with Crippen molar-refractivity contribution in [2.24, 2.45) is 0 Å². The summed E-state index contributed by atoms with van der Waals surface area (Å²) < 4.78 is 0. The lowest BCUT2D eigenvalue weighted by atomic mass is 9.96. The summed E-state index contributed by atoms with van der Waals surface area (Å²) in [6.45, 7) is 7.79. The van der Waals surface area contributed by atoms with Gasteiger partial charge in [0, 0.05) is 0 Å². The molecule has 0 atom stereocenters. The first-order chi connectivity index (χ1) is 9.35. The van der Waals surface area contributed by atoms with Crippen LogP contribution >= 0.6 is 0 Å². The van der Waals surface area contributed by atoms with E-state index in [0.29, 0.717) is 0 Å². The van der Waals surface area contributed by atoms with Crippen molar-refractivity contribution in [2.45, 2.75) is 0 Å². The highest BCUT2D eigenvalue weighted by molar-refractivity contribution is 5.94. The maximum absolute atomic E-state index is 3.93. The number of fused-ring (bicyclic) bond motifs is 3. The molecule has 0 fully saturated rings. The van der Waals surface area contributed by atoms with E-state index in [1.165, 1.54) is 21.2 Å². The van der Waals surface area contributed by atoms with Crippen molar-refractivity contribution < 1.29 is 0 Å². The lowest BCUT2D eigenvalue weighted by molar-refractivity contribution is 1.57. The largest absolute Gasteiger partial charge is 0.121 e. The molecule has 0 bridgehead atoms. The normalized spacial score (nSPS) is 12.2. The molecule has 0 radical (unpaired) electrons. The molecule has 19 heavy (non-hydrogen) atoms. The van der Waals surface area contributed by atoms with Crippen LogP contribution in [0.5, 0.6) is 0 Å². The van der Waals surface area contributed by atoms with Gasteiger partial charge >= 0.3 is 0 Å². The molecule has 0 amide bonds. The maximum atomic E-state index is 3.93. The van der Waals surface area contributed by atoms with Crippen molar-refractivity contribution in [2.75, 3.05) is 0 Å². The van der Waals surface area contributed by atoms with Gasteiger partial charge in [0.25, 0.3) is 0 Å². The SMILES string of the molecule is C=Cc1ccc2c3c(ccc2c1C=C)=CC=C=CC=3. The molecule has 0 saturated carbocycles. The summed E-state index contributed by atoms with van der Waals surface area (Å²) in [4.78, 5) is 0. The summed E-state index contributed by atoms with van der Waals surface area (Å²) in [5, 5.41) is 4.90. The van der Waals surface area contributed by atoms with E-state index >= 15 is 0 Å². The highest BCUT2D eigenvalue weighted by Gasteiger charge is 2.04. The molecule has 3 rings (SSSR count). The molecule has 1 aliphatic rings. The van der Waals surface area contributed by atoms with Gasteiger partial charge in [-0.1, -0.05) is 49.6 Å². The van der Waals surface area contributed by atoms with Gasteiger partial charge in [-0.05, 0) is 56.6 Å². The summed E-state index contributed by atoms with van der Waals surface area (Å²) >= 11 is 0. The fourth-order valence-electron chi connectivity index (χ4n) is 2.55. The van der Waals surface area contributed by atoms with Gasteiger partial charge in [0.15, 0.2) is 0 Å². The molecule has 1 aliphatic carbocycles. The summed E-state index contributed by atoms with van der Waals surface area (Å²) in [6, 6.07) is 8.55. The van der Waals surface area contributed by atoms with Crippen LogP contribution in [0.3, 0.4) is 0 Å². The zero-order valence-electron chi connectivity index (χ0n) is 10.7. The van der Waals surface area contributed by atoms with Gasteiger partial charge in [-0.2, -0.15) is 0 Å². The zero-order chi connectivity index (χ0) is 13.2. The number of hydrogen-bond donors (Lipinski definition) is 0.